The largest absolute Gasteiger partial charge is 0.365 e. The summed E-state index contributed by atoms with van der Waals surface area (Å²) >= 11 is 4.65. The van der Waals surface area contributed by atoms with E-state index in [0.717, 1.165) is 14.5 Å². The van der Waals surface area contributed by atoms with Crippen molar-refractivity contribution in [2.24, 2.45) is 0 Å². The fourth-order valence-electron chi connectivity index (χ4n) is 1.20. The second-order valence-corrected chi connectivity index (χ2v) is 4.85. The van der Waals surface area contributed by atoms with Crippen molar-refractivity contribution in [3.63, 3.8) is 0 Å². The Morgan fingerprint density at radius 3 is 2.87 bits per heavy atom. The number of benzene rings is 1. The number of nitrogens with zero attached hydrogens (tertiary/aromatic N) is 1. The van der Waals surface area contributed by atoms with Crippen LogP contribution in [0.2, 0.25) is 0 Å². The first-order valence-corrected chi connectivity index (χ1v) is 5.90. The molecule has 0 fully saturated rings. The van der Waals surface area contributed by atoms with Crippen molar-refractivity contribution in [1.29, 1.82) is 0 Å². The van der Waals surface area contributed by atoms with Crippen LogP contribution < -0.4 is 5.32 Å². The fourth-order valence-corrected chi connectivity index (χ4v) is 2.33. The molecule has 0 bridgehead atoms. The Labute approximate surface area is 99.3 Å². The average molecular weight is 287 g/mol. The highest BCUT2D eigenvalue weighted by atomic mass is 79.9. The molecule has 0 saturated heterocycles. The van der Waals surface area contributed by atoms with Gasteiger partial charge in [0.1, 0.15) is 5.82 Å². The van der Waals surface area contributed by atoms with Crippen molar-refractivity contribution >= 4 is 32.4 Å². The van der Waals surface area contributed by atoms with Gasteiger partial charge >= 0.3 is 0 Å². The monoisotopic (exact) mass is 286 g/mol. The van der Waals surface area contributed by atoms with E-state index in [4.69, 9.17) is 0 Å². The summed E-state index contributed by atoms with van der Waals surface area (Å²) in [6, 6.07) is 5.01. The van der Waals surface area contributed by atoms with Gasteiger partial charge in [-0.05, 0) is 18.2 Å². The van der Waals surface area contributed by atoms with Crippen molar-refractivity contribution in [2.45, 2.75) is 0 Å². The zero-order chi connectivity index (χ0) is 10.8. The second-order valence-electron chi connectivity index (χ2n) is 2.90. The van der Waals surface area contributed by atoms with E-state index in [2.05, 4.69) is 26.2 Å². The summed E-state index contributed by atoms with van der Waals surface area (Å²) in [6.45, 7) is 0. The van der Waals surface area contributed by atoms with Gasteiger partial charge in [0, 0.05) is 23.3 Å². The van der Waals surface area contributed by atoms with Crippen LogP contribution in [0.15, 0.2) is 28.9 Å². The minimum Gasteiger partial charge on any atom is -0.365 e. The van der Waals surface area contributed by atoms with Crippen LogP contribution in [0, 0.1) is 5.82 Å². The highest BCUT2D eigenvalue weighted by molar-refractivity contribution is 9.10. The summed E-state index contributed by atoms with van der Waals surface area (Å²) < 4.78 is 14.3. The van der Waals surface area contributed by atoms with Gasteiger partial charge in [0.2, 0.25) is 0 Å². The normalized spacial score (nSPS) is 10.3. The maximum atomic E-state index is 13.6. The van der Waals surface area contributed by atoms with E-state index in [0.29, 0.717) is 5.56 Å². The van der Waals surface area contributed by atoms with Gasteiger partial charge in [-0.2, -0.15) is 0 Å². The van der Waals surface area contributed by atoms with Crippen molar-refractivity contribution < 1.29 is 4.39 Å². The Morgan fingerprint density at radius 1 is 1.47 bits per heavy atom. The lowest BCUT2D eigenvalue weighted by atomic mass is 10.2. The number of rotatable bonds is 2. The molecule has 2 aromatic rings. The molecule has 78 valence electrons. The lowest BCUT2D eigenvalue weighted by molar-refractivity contribution is 0.631. The van der Waals surface area contributed by atoms with Gasteiger partial charge in [-0.3, -0.25) is 0 Å². The summed E-state index contributed by atoms with van der Waals surface area (Å²) in [5.41, 5.74) is 0.581. The topological polar surface area (TPSA) is 24.9 Å². The zero-order valence-electron chi connectivity index (χ0n) is 7.92. The number of hydrogen-bond donors (Lipinski definition) is 1. The van der Waals surface area contributed by atoms with Crippen LogP contribution in [-0.2, 0) is 0 Å². The molecule has 1 heterocycles. The van der Waals surface area contributed by atoms with Crippen LogP contribution in [0.25, 0.3) is 10.4 Å². The van der Waals surface area contributed by atoms with E-state index in [9.17, 15) is 4.39 Å². The summed E-state index contributed by atoms with van der Waals surface area (Å²) in [5.74, 6) is -0.240. The van der Waals surface area contributed by atoms with Crippen LogP contribution in [0.4, 0.5) is 9.52 Å². The van der Waals surface area contributed by atoms with Crippen LogP contribution >= 0.6 is 27.3 Å². The van der Waals surface area contributed by atoms with Gasteiger partial charge in [0.25, 0.3) is 0 Å². The fraction of sp³-hybridized carbons (Fsp3) is 0.100. The van der Waals surface area contributed by atoms with E-state index < -0.39 is 0 Å². The number of nitrogens with one attached hydrogen (secondary N) is 1. The molecule has 0 aliphatic heterocycles. The standard InChI is InChI=1S/C10H8BrFN2S/c1-13-10-14-5-9(15-10)7-3-2-6(11)4-8(7)12/h2-5H,1H3,(H,13,14). The van der Waals surface area contributed by atoms with E-state index in [1.165, 1.54) is 17.4 Å². The molecule has 5 heteroatoms. The predicted molar refractivity (Wildman–Crippen MR) is 64.8 cm³/mol. The molecule has 2 rings (SSSR count). The summed E-state index contributed by atoms with van der Waals surface area (Å²) in [7, 11) is 1.79. The molecule has 1 aromatic carbocycles. The van der Waals surface area contributed by atoms with Crippen molar-refractivity contribution in [3.8, 4) is 10.4 Å². The Morgan fingerprint density at radius 2 is 2.27 bits per heavy atom. The molecule has 0 saturated carbocycles. The molecular weight excluding hydrogens is 279 g/mol. The lowest BCUT2D eigenvalue weighted by Crippen LogP contribution is -1.83. The van der Waals surface area contributed by atoms with E-state index >= 15 is 0 Å². The van der Waals surface area contributed by atoms with Gasteiger partial charge in [-0.25, -0.2) is 9.37 Å². The Balaban J connectivity index is 2.44. The van der Waals surface area contributed by atoms with Crippen LogP contribution in [0.3, 0.4) is 0 Å². The molecule has 0 spiro atoms. The maximum Gasteiger partial charge on any atom is 0.182 e. The minimum absolute atomic E-state index is 0.240. The Hall–Kier alpha value is -0.940. The molecule has 0 radical (unpaired) electrons. The van der Waals surface area contributed by atoms with Crippen molar-refractivity contribution in [2.75, 3.05) is 12.4 Å². The molecule has 1 N–H and O–H groups in total. The van der Waals surface area contributed by atoms with Gasteiger partial charge in [-0.15, -0.1) is 0 Å². The molecule has 15 heavy (non-hydrogen) atoms. The number of hydrogen-bond acceptors (Lipinski definition) is 3. The third-order valence-corrected chi connectivity index (χ3v) is 3.46. The van der Waals surface area contributed by atoms with Crippen LogP contribution in [-0.4, -0.2) is 12.0 Å². The van der Waals surface area contributed by atoms with Gasteiger partial charge < -0.3 is 5.32 Å². The number of aromatic nitrogens is 1. The first kappa shape index (κ1) is 10.6. The predicted octanol–water partition coefficient (Wildman–Crippen LogP) is 3.75. The van der Waals surface area contributed by atoms with Crippen LogP contribution in [0.1, 0.15) is 0 Å². The van der Waals surface area contributed by atoms with E-state index in [1.54, 1.807) is 19.3 Å². The molecule has 0 atom stereocenters. The maximum absolute atomic E-state index is 13.6. The van der Waals surface area contributed by atoms with Gasteiger partial charge in [0.05, 0.1) is 4.88 Å². The molecule has 0 unspecified atom stereocenters. The van der Waals surface area contributed by atoms with Crippen molar-refractivity contribution in [3.05, 3.63) is 34.7 Å². The third kappa shape index (κ3) is 2.18. The lowest BCUT2D eigenvalue weighted by Gasteiger charge is -1.99. The summed E-state index contributed by atoms with van der Waals surface area (Å²) in [6.07, 6.45) is 1.67. The molecular formula is C10H8BrFN2S. The number of anilines is 1. The third-order valence-electron chi connectivity index (χ3n) is 1.92. The molecule has 2 nitrogen and oxygen atoms in total. The van der Waals surface area contributed by atoms with E-state index in [-0.39, 0.29) is 5.82 Å². The number of thiazole rings is 1. The summed E-state index contributed by atoms with van der Waals surface area (Å²) in [5, 5.41) is 3.71. The van der Waals surface area contributed by atoms with E-state index in [1.807, 2.05) is 6.07 Å². The first-order chi connectivity index (χ1) is 7.20. The molecule has 1 aromatic heterocycles. The zero-order valence-corrected chi connectivity index (χ0v) is 10.3. The highest BCUT2D eigenvalue weighted by Gasteiger charge is 2.08. The molecule has 0 aliphatic rings. The van der Waals surface area contributed by atoms with Crippen LogP contribution in [0.5, 0.6) is 0 Å². The summed E-state index contributed by atoms with van der Waals surface area (Å²) in [4.78, 5) is 4.93. The SMILES string of the molecule is CNc1ncc(-c2ccc(Br)cc2F)s1. The quantitative estimate of drug-likeness (QED) is 0.909. The van der Waals surface area contributed by atoms with Gasteiger partial charge in [0.15, 0.2) is 5.13 Å². The highest BCUT2D eigenvalue weighted by Crippen LogP contribution is 2.31. The second kappa shape index (κ2) is 4.28. The van der Waals surface area contributed by atoms with Crippen molar-refractivity contribution in [1.82, 2.24) is 4.98 Å². The Bertz CT molecular complexity index is 484. The number of halogens is 2. The smallest absolute Gasteiger partial charge is 0.182 e. The average Bonchev–Trinajstić information content (AvgIpc) is 2.66. The first-order valence-electron chi connectivity index (χ1n) is 4.29. The minimum atomic E-state index is -0.240. The van der Waals surface area contributed by atoms with Gasteiger partial charge in [-0.1, -0.05) is 27.3 Å². The Kier molecular flexibility index (Phi) is 3.02. The molecule has 0 amide bonds. The molecule has 0 aliphatic carbocycles.